The zero-order valence-electron chi connectivity index (χ0n) is 23.4. The van der Waals surface area contributed by atoms with E-state index in [9.17, 15) is 19.6 Å². The van der Waals surface area contributed by atoms with Crippen molar-refractivity contribution in [2.24, 2.45) is 23.7 Å². The van der Waals surface area contributed by atoms with E-state index in [-0.39, 0.29) is 30.8 Å². The van der Waals surface area contributed by atoms with Crippen molar-refractivity contribution in [2.75, 3.05) is 6.54 Å². The summed E-state index contributed by atoms with van der Waals surface area (Å²) in [5.74, 6) is -1.73. The van der Waals surface area contributed by atoms with E-state index < -0.39 is 17.7 Å². The van der Waals surface area contributed by atoms with Crippen LogP contribution in [-0.2, 0) is 27.3 Å². The molecule has 9 heteroatoms. The number of carbonyl (C=O) groups excluding carboxylic acids is 3. The van der Waals surface area contributed by atoms with E-state index in [1.165, 1.54) is 37.1 Å². The van der Waals surface area contributed by atoms with Crippen LogP contribution < -0.4 is 10.9 Å². The normalized spacial score (nSPS) is 15.5. The van der Waals surface area contributed by atoms with Gasteiger partial charge in [0.1, 0.15) is 6.54 Å². The fourth-order valence-electron chi connectivity index (χ4n) is 5.63. The largest absolute Gasteiger partial charge is 0.328 e. The van der Waals surface area contributed by atoms with Crippen LogP contribution in [0.2, 0.25) is 0 Å². The van der Waals surface area contributed by atoms with Crippen molar-refractivity contribution >= 4 is 17.7 Å². The van der Waals surface area contributed by atoms with Crippen LogP contribution in [-0.4, -0.2) is 44.0 Å². The van der Waals surface area contributed by atoms with Crippen LogP contribution in [0.4, 0.5) is 0 Å². The third kappa shape index (κ3) is 10.1. The minimum absolute atomic E-state index is 0.0336. The predicted molar refractivity (Wildman–Crippen MR) is 149 cm³/mol. The van der Waals surface area contributed by atoms with Crippen LogP contribution in [0, 0.1) is 23.7 Å². The van der Waals surface area contributed by atoms with Crippen molar-refractivity contribution in [2.45, 2.75) is 84.6 Å². The Kier molecular flexibility index (Phi) is 12.5. The molecule has 2 aromatic rings. The summed E-state index contributed by atoms with van der Waals surface area (Å²) in [6, 6.07) is 9.78. The number of hydrogen-bond donors (Lipinski definition) is 3. The number of hydrazine groups is 1. The highest BCUT2D eigenvalue weighted by Gasteiger charge is 2.35. The number of imidazole rings is 1. The molecule has 1 aromatic heterocycles. The standard InChI is InChI=1S/C30H45N5O4/c1-23(2)20-27(26(30(38)33-39)15-9-14-24-10-5-3-6-11-24)29(37)32-35(18-16-25-12-7-4-8-13-25)28(36)21-34-19-17-31-22-34/h4,7-8,12-13,17,19,22-24,26-27,39H,3,5-6,9-11,14-16,18,20-21H2,1-2H3,(H,32,37)(H,33,38)/t26-,27+/m0/s1. The zero-order chi connectivity index (χ0) is 28.0. The maximum absolute atomic E-state index is 13.7. The molecule has 1 aromatic carbocycles. The molecule has 3 rings (SSSR count). The molecular formula is C30H45N5O4. The third-order valence-electron chi connectivity index (χ3n) is 7.74. The molecule has 1 aliphatic rings. The average Bonchev–Trinajstić information content (AvgIpc) is 3.46. The Bertz CT molecular complexity index is 1010. The van der Waals surface area contributed by atoms with Gasteiger partial charge in [0.05, 0.1) is 18.2 Å². The van der Waals surface area contributed by atoms with Gasteiger partial charge >= 0.3 is 0 Å². The van der Waals surface area contributed by atoms with E-state index in [0.717, 1.165) is 18.4 Å². The average molecular weight is 540 g/mol. The van der Waals surface area contributed by atoms with Crippen molar-refractivity contribution in [3.05, 3.63) is 54.6 Å². The van der Waals surface area contributed by atoms with Crippen LogP contribution in [0.1, 0.15) is 77.2 Å². The molecule has 214 valence electrons. The molecule has 39 heavy (non-hydrogen) atoms. The summed E-state index contributed by atoms with van der Waals surface area (Å²) in [6.07, 6.45) is 14.5. The first-order valence-electron chi connectivity index (χ1n) is 14.4. The Morgan fingerprint density at radius 2 is 1.82 bits per heavy atom. The number of hydroxylamine groups is 1. The second-order valence-electron chi connectivity index (χ2n) is 11.2. The lowest BCUT2D eigenvalue weighted by molar-refractivity contribution is -0.148. The second-order valence-corrected chi connectivity index (χ2v) is 11.2. The van der Waals surface area contributed by atoms with Gasteiger partial charge in [0.25, 0.3) is 5.91 Å². The Hall–Kier alpha value is -3.20. The van der Waals surface area contributed by atoms with Crippen molar-refractivity contribution in [1.29, 1.82) is 0 Å². The molecule has 1 aliphatic carbocycles. The number of nitrogens with one attached hydrogen (secondary N) is 2. The molecule has 0 unspecified atom stereocenters. The summed E-state index contributed by atoms with van der Waals surface area (Å²) in [5.41, 5.74) is 5.71. The Morgan fingerprint density at radius 1 is 1.08 bits per heavy atom. The van der Waals surface area contributed by atoms with Crippen LogP contribution in [0.5, 0.6) is 0 Å². The van der Waals surface area contributed by atoms with Crippen LogP contribution in [0.25, 0.3) is 0 Å². The minimum atomic E-state index is -0.680. The SMILES string of the molecule is CC(C)C[C@@H](C(=O)NN(CCc1ccccc1)C(=O)Cn1ccnc1)[C@H](CCCC1CCCCC1)C(=O)NO. The first-order valence-corrected chi connectivity index (χ1v) is 14.4. The van der Waals surface area contributed by atoms with Gasteiger partial charge in [0.2, 0.25) is 11.8 Å². The Morgan fingerprint density at radius 3 is 2.46 bits per heavy atom. The molecule has 1 heterocycles. The zero-order valence-corrected chi connectivity index (χ0v) is 23.4. The molecule has 1 fully saturated rings. The molecule has 2 atom stereocenters. The van der Waals surface area contributed by atoms with Crippen LogP contribution in [0.15, 0.2) is 49.1 Å². The van der Waals surface area contributed by atoms with Gasteiger partial charge in [-0.3, -0.25) is 30.0 Å². The fraction of sp³-hybridized carbons (Fsp3) is 0.600. The summed E-state index contributed by atoms with van der Waals surface area (Å²) in [6.45, 7) is 4.34. The lowest BCUT2D eigenvalue weighted by Crippen LogP contribution is -2.52. The molecular weight excluding hydrogens is 494 g/mol. The fourth-order valence-corrected chi connectivity index (χ4v) is 5.63. The maximum Gasteiger partial charge on any atom is 0.260 e. The summed E-state index contributed by atoms with van der Waals surface area (Å²) >= 11 is 0. The van der Waals surface area contributed by atoms with Crippen LogP contribution >= 0.6 is 0 Å². The highest BCUT2D eigenvalue weighted by molar-refractivity contribution is 5.88. The number of nitrogens with zero attached hydrogens (tertiary/aromatic N) is 3. The Balaban J connectivity index is 1.73. The summed E-state index contributed by atoms with van der Waals surface area (Å²) in [7, 11) is 0. The minimum Gasteiger partial charge on any atom is -0.328 e. The van der Waals surface area contributed by atoms with E-state index >= 15 is 0 Å². The van der Waals surface area contributed by atoms with E-state index in [0.29, 0.717) is 25.2 Å². The highest BCUT2D eigenvalue weighted by atomic mass is 16.5. The summed E-state index contributed by atoms with van der Waals surface area (Å²) in [4.78, 5) is 43.8. The highest BCUT2D eigenvalue weighted by Crippen LogP contribution is 2.31. The van der Waals surface area contributed by atoms with Gasteiger partial charge in [-0.15, -0.1) is 0 Å². The molecule has 3 N–H and O–H groups in total. The maximum atomic E-state index is 13.7. The number of benzene rings is 1. The molecule has 0 radical (unpaired) electrons. The van der Waals surface area contributed by atoms with Gasteiger partial charge in [-0.05, 0) is 36.7 Å². The monoisotopic (exact) mass is 539 g/mol. The van der Waals surface area contributed by atoms with Gasteiger partial charge in [-0.2, -0.15) is 0 Å². The van der Waals surface area contributed by atoms with Crippen molar-refractivity contribution in [3.63, 3.8) is 0 Å². The Labute approximate surface area is 232 Å². The summed E-state index contributed by atoms with van der Waals surface area (Å²) < 4.78 is 1.66. The molecule has 3 amide bonds. The smallest absolute Gasteiger partial charge is 0.260 e. The van der Waals surface area contributed by atoms with Gasteiger partial charge in [0, 0.05) is 18.9 Å². The lowest BCUT2D eigenvalue weighted by atomic mass is 9.79. The van der Waals surface area contributed by atoms with E-state index in [1.807, 2.05) is 44.2 Å². The van der Waals surface area contributed by atoms with E-state index in [1.54, 1.807) is 28.8 Å². The van der Waals surface area contributed by atoms with Gasteiger partial charge < -0.3 is 4.57 Å². The van der Waals surface area contributed by atoms with Gasteiger partial charge in [-0.25, -0.2) is 10.5 Å². The number of aromatic nitrogens is 2. The third-order valence-corrected chi connectivity index (χ3v) is 7.74. The first-order chi connectivity index (χ1) is 18.9. The van der Waals surface area contributed by atoms with Crippen LogP contribution in [0.3, 0.4) is 0 Å². The number of carbonyl (C=O) groups is 3. The second kappa shape index (κ2) is 16.0. The molecule has 0 bridgehead atoms. The number of amides is 3. The topological polar surface area (TPSA) is 117 Å². The van der Waals surface area contributed by atoms with Gasteiger partial charge in [-0.1, -0.05) is 89.1 Å². The predicted octanol–water partition coefficient (Wildman–Crippen LogP) is 4.52. The lowest BCUT2D eigenvalue weighted by Gasteiger charge is -2.30. The van der Waals surface area contributed by atoms with Crippen molar-refractivity contribution in [3.8, 4) is 0 Å². The van der Waals surface area contributed by atoms with E-state index in [2.05, 4.69) is 10.4 Å². The number of rotatable bonds is 14. The molecule has 1 saturated carbocycles. The quantitative estimate of drug-likeness (QED) is 0.241. The van der Waals surface area contributed by atoms with Crippen molar-refractivity contribution in [1.82, 2.24) is 25.5 Å². The first kappa shape index (κ1) is 30.3. The molecule has 9 nitrogen and oxygen atoms in total. The summed E-state index contributed by atoms with van der Waals surface area (Å²) in [5, 5.41) is 10.9. The van der Waals surface area contributed by atoms with E-state index in [4.69, 9.17) is 0 Å². The molecule has 0 spiro atoms. The van der Waals surface area contributed by atoms with Gasteiger partial charge in [0.15, 0.2) is 0 Å². The number of hydrogen-bond acceptors (Lipinski definition) is 5. The molecule has 0 aliphatic heterocycles. The molecule has 0 saturated heterocycles. The van der Waals surface area contributed by atoms with Crippen molar-refractivity contribution < 1.29 is 19.6 Å².